The highest BCUT2D eigenvalue weighted by atomic mass is 32.2. The highest BCUT2D eigenvalue weighted by Crippen LogP contribution is 2.30. The SMILES string of the molecule is Cc1cc(S(C)=O)c2c(n1)C(O)CCCC2. The minimum Gasteiger partial charge on any atom is -0.387 e. The Kier molecular flexibility index (Phi) is 3.40. The Labute approximate surface area is 98.4 Å². The third kappa shape index (κ3) is 2.18. The average molecular weight is 239 g/mol. The van der Waals surface area contributed by atoms with E-state index in [0.29, 0.717) is 0 Å². The van der Waals surface area contributed by atoms with Crippen LogP contribution in [0.5, 0.6) is 0 Å². The molecule has 0 radical (unpaired) electrons. The quantitative estimate of drug-likeness (QED) is 0.761. The molecule has 88 valence electrons. The number of aliphatic hydroxyl groups is 1. The maximum absolute atomic E-state index is 11.7. The number of hydrogen-bond donors (Lipinski definition) is 1. The lowest BCUT2D eigenvalue weighted by atomic mass is 10.1. The van der Waals surface area contributed by atoms with Crippen molar-refractivity contribution < 1.29 is 9.32 Å². The lowest BCUT2D eigenvalue weighted by molar-refractivity contribution is 0.161. The van der Waals surface area contributed by atoms with Crippen molar-refractivity contribution in [2.45, 2.75) is 43.6 Å². The maximum Gasteiger partial charge on any atom is 0.0963 e. The number of fused-ring (bicyclic) bond motifs is 1. The van der Waals surface area contributed by atoms with E-state index in [-0.39, 0.29) is 0 Å². The molecule has 1 aromatic heterocycles. The van der Waals surface area contributed by atoms with E-state index in [0.717, 1.165) is 47.5 Å². The van der Waals surface area contributed by atoms with Gasteiger partial charge in [0.15, 0.2) is 0 Å². The first-order valence-corrected chi connectivity index (χ1v) is 7.17. The summed E-state index contributed by atoms with van der Waals surface area (Å²) in [5.74, 6) is 0. The highest BCUT2D eigenvalue weighted by Gasteiger charge is 2.22. The van der Waals surface area contributed by atoms with Crippen LogP contribution in [0.1, 0.15) is 42.3 Å². The van der Waals surface area contributed by atoms with Crippen LogP contribution in [0, 0.1) is 6.92 Å². The minimum atomic E-state index is -1.00. The zero-order valence-corrected chi connectivity index (χ0v) is 10.5. The summed E-state index contributed by atoms with van der Waals surface area (Å²) in [6, 6.07) is 1.88. The smallest absolute Gasteiger partial charge is 0.0963 e. The second kappa shape index (κ2) is 4.63. The van der Waals surface area contributed by atoms with Crippen molar-refractivity contribution in [3.63, 3.8) is 0 Å². The molecule has 0 aliphatic heterocycles. The van der Waals surface area contributed by atoms with E-state index >= 15 is 0 Å². The van der Waals surface area contributed by atoms with Crippen LogP contribution in [-0.4, -0.2) is 20.6 Å². The predicted molar refractivity (Wildman–Crippen MR) is 63.8 cm³/mol. The van der Waals surface area contributed by atoms with Gasteiger partial charge in [0.25, 0.3) is 0 Å². The van der Waals surface area contributed by atoms with E-state index < -0.39 is 16.9 Å². The molecule has 0 spiro atoms. The molecule has 1 aromatic rings. The fourth-order valence-electron chi connectivity index (χ4n) is 2.25. The van der Waals surface area contributed by atoms with Gasteiger partial charge in [-0.2, -0.15) is 0 Å². The number of nitrogens with zero attached hydrogens (tertiary/aromatic N) is 1. The van der Waals surface area contributed by atoms with Gasteiger partial charge in [0.2, 0.25) is 0 Å². The normalized spacial score (nSPS) is 22.3. The van der Waals surface area contributed by atoms with Gasteiger partial charge < -0.3 is 5.11 Å². The van der Waals surface area contributed by atoms with Gasteiger partial charge in [-0.25, -0.2) is 0 Å². The Morgan fingerprint density at radius 2 is 2.25 bits per heavy atom. The summed E-state index contributed by atoms with van der Waals surface area (Å²) in [5, 5.41) is 10.0. The van der Waals surface area contributed by atoms with Crippen LogP contribution in [0.25, 0.3) is 0 Å². The summed E-state index contributed by atoms with van der Waals surface area (Å²) in [6.45, 7) is 1.88. The minimum absolute atomic E-state index is 0.486. The fourth-order valence-corrected chi connectivity index (χ4v) is 3.14. The zero-order chi connectivity index (χ0) is 11.7. The summed E-state index contributed by atoms with van der Waals surface area (Å²) >= 11 is 0. The molecule has 2 unspecified atom stereocenters. The standard InChI is InChI=1S/C12H17NO2S/c1-8-7-11(16(2)15)9-5-3-4-6-10(14)12(9)13-8/h7,10,14H,3-6H2,1-2H3. The molecule has 4 heteroatoms. The van der Waals surface area contributed by atoms with Gasteiger partial charge in [0.05, 0.1) is 22.6 Å². The van der Waals surface area contributed by atoms with Crippen molar-refractivity contribution in [1.82, 2.24) is 4.98 Å². The largest absolute Gasteiger partial charge is 0.387 e. The second-order valence-corrected chi connectivity index (χ2v) is 5.69. The molecular weight excluding hydrogens is 222 g/mol. The third-order valence-corrected chi connectivity index (χ3v) is 4.01. The molecule has 0 amide bonds. The fraction of sp³-hybridized carbons (Fsp3) is 0.583. The van der Waals surface area contributed by atoms with Crippen LogP contribution in [0.4, 0.5) is 0 Å². The number of hydrogen-bond acceptors (Lipinski definition) is 3. The molecule has 1 aliphatic rings. The molecule has 1 aliphatic carbocycles. The van der Waals surface area contributed by atoms with Crippen molar-refractivity contribution in [2.24, 2.45) is 0 Å². The number of aromatic nitrogens is 1. The molecule has 2 rings (SSSR count). The van der Waals surface area contributed by atoms with Gasteiger partial charge in [-0.1, -0.05) is 6.42 Å². The Morgan fingerprint density at radius 3 is 2.94 bits per heavy atom. The van der Waals surface area contributed by atoms with Crippen LogP contribution in [0.3, 0.4) is 0 Å². The number of rotatable bonds is 1. The monoisotopic (exact) mass is 239 g/mol. The summed E-state index contributed by atoms with van der Waals surface area (Å²) in [5.41, 5.74) is 2.60. The second-order valence-electron chi connectivity index (χ2n) is 4.34. The zero-order valence-electron chi connectivity index (χ0n) is 9.69. The maximum atomic E-state index is 11.7. The molecule has 1 heterocycles. The van der Waals surface area contributed by atoms with Gasteiger partial charge in [-0.3, -0.25) is 9.19 Å². The highest BCUT2D eigenvalue weighted by molar-refractivity contribution is 7.84. The molecule has 0 fully saturated rings. The molecule has 0 saturated carbocycles. The van der Waals surface area contributed by atoms with E-state index in [1.807, 2.05) is 13.0 Å². The van der Waals surface area contributed by atoms with E-state index in [2.05, 4.69) is 4.98 Å². The van der Waals surface area contributed by atoms with Crippen molar-refractivity contribution in [2.75, 3.05) is 6.26 Å². The van der Waals surface area contributed by atoms with Crippen LogP contribution in [0.2, 0.25) is 0 Å². The van der Waals surface area contributed by atoms with Crippen molar-refractivity contribution in [3.8, 4) is 0 Å². The average Bonchev–Trinajstić information content (AvgIpc) is 2.40. The first-order chi connectivity index (χ1) is 7.59. The molecule has 3 nitrogen and oxygen atoms in total. The van der Waals surface area contributed by atoms with Crippen molar-refractivity contribution >= 4 is 10.8 Å². The van der Waals surface area contributed by atoms with E-state index in [1.165, 1.54) is 0 Å². The lowest BCUT2D eigenvalue weighted by Gasteiger charge is -2.14. The predicted octanol–water partition coefficient (Wildman–Crippen LogP) is 1.89. The van der Waals surface area contributed by atoms with Crippen LogP contribution >= 0.6 is 0 Å². The molecular formula is C12H17NO2S. The summed E-state index contributed by atoms with van der Waals surface area (Å²) < 4.78 is 11.7. The molecule has 2 atom stereocenters. The lowest BCUT2D eigenvalue weighted by Crippen LogP contribution is -2.08. The van der Waals surface area contributed by atoms with Crippen LogP contribution in [0.15, 0.2) is 11.0 Å². The summed E-state index contributed by atoms with van der Waals surface area (Å²) in [7, 11) is -1.00. The van der Waals surface area contributed by atoms with E-state index in [1.54, 1.807) is 6.26 Å². The molecule has 0 aromatic carbocycles. The number of aliphatic hydroxyl groups excluding tert-OH is 1. The molecule has 0 bridgehead atoms. The van der Waals surface area contributed by atoms with Crippen LogP contribution in [-0.2, 0) is 17.2 Å². The van der Waals surface area contributed by atoms with Crippen molar-refractivity contribution in [1.29, 1.82) is 0 Å². The Morgan fingerprint density at radius 1 is 1.50 bits per heavy atom. The van der Waals surface area contributed by atoms with Gasteiger partial charge in [0, 0.05) is 16.8 Å². The molecule has 1 N–H and O–H groups in total. The van der Waals surface area contributed by atoms with Gasteiger partial charge in [-0.15, -0.1) is 0 Å². The van der Waals surface area contributed by atoms with E-state index in [4.69, 9.17) is 0 Å². The topological polar surface area (TPSA) is 50.2 Å². The Bertz CT molecular complexity index is 431. The third-order valence-electron chi connectivity index (χ3n) is 3.02. The number of aryl methyl sites for hydroxylation is 1. The van der Waals surface area contributed by atoms with Gasteiger partial charge in [0.1, 0.15) is 0 Å². The first kappa shape index (κ1) is 11.7. The Balaban J connectivity index is 2.60. The summed E-state index contributed by atoms with van der Waals surface area (Å²) in [4.78, 5) is 5.26. The first-order valence-electron chi connectivity index (χ1n) is 5.61. The molecule has 0 saturated heterocycles. The van der Waals surface area contributed by atoms with E-state index in [9.17, 15) is 9.32 Å². The number of pyridine rings is 1. The molecule has 16 heavy (non-hydrogen) atoms. The Hall–Kier alpha value is -0.740. The summed E-state index contributed by atoms with van der Waals surface area (Å²) in [6.07, 6.45) is 4.89. The van der Waals surface area contributed by atoms with Gasteiger partial charge >= 0.3 is 0 Å². The van der Waals surface area contributed by atoms with Crippen LogP contribution < -0.4 is 0 Å². The van der Waals surface area contributed by atoms with Crippen molar-refractivity contribution in [3.05, 3.63) is 23.0 Å². The van der Waals surface area contributed by atoms with Gasteiger partial charge in [-0.05, 0) is 37.8 Å².